The number of H-pyrrole nitrogens is 1. The van der Waals surface area contributed by atoms with Crippen LogP contribution in [-0.4, -0.2) is 56.1 Å². The summed E-state index contributed by atoms with van der Waals surface area (Å²) in [5.74, 6) is 2.27. The van der Waals surface area contributed by atoms with Crippen molar-refractivity contribution >= 4 is 11.3 Å². The fourth-order valence-electron chi connectivity index (χ4n) is 2.50. The zero-order valence-electron chi connectivity index (χ0n) is 12.6. The van der Waals surface area contributed by atoms with Gasteiger partial charge in [-0.05, 0) is 0 Å². The molecule has 1 fully saturated rings. The Bertz CT molecular complexity index is 542. The highest BCUT2D eigenvalue weighted by Gasteiger charge is 2.19. The van der Waals surface area contributed by atoms with Crippen LogP contribution in [0.15, 0.2) is 11.7 Å². The average molecular weight is 306 g/mol. The maximum absolute atomic E-state index is 4.56. The minimum absolute atomic E-state index is 0.381. The molecule has 0 saturated carbocycles. The standard InChI is InChI=1S/C14H22N6S/c1-11(2)14-16-13(17-18-14)9-20-5-3-19(4-6-20)8-12-7-15-10-21-12/h7,10-11H,3-6,8-9H2,1-2H3,(H,16,17,18). The first kappa shape index (κ1) is 14.6. The smallest absolute Gasteiger partial charge is 0.153 e. The number of nitrogens with zero attached hydrogens (tertiary/aromatic N) is 5. The monoisotopic (exact) mass is 306 g/mol. The van der Waals surface area contributed by atoms with E-state index in [1.165, 1.54) is 4.88 Å². The molecule has 114 valence electrons. The second-order valence-electron chi connectivity index (χ2n) is 5.82. The molecule has 21 heavy (non-hydrogen) atoms. The highest BCUT2D eigenvalue weighted by Crippen LogP contribution is 2.13. The highest BCUT2D eigenvalue weighted by atomic mass is 32.1. The third kappa shape index (κ3) is 3.87. The Balaban J connectivity index is 1.47. The number of thiazole rings is 1. The molecule has 2 aromatic rings. The summed E-state index contributed by atoms with van der Waals surface area (Å²) in [7, 11) is 0. The van der Waals surface area contributed by atoms with E-state index in [4.69, 9.17) is 0 Å². The molecule has 0 atom stereocenters. The van der Waals surface area contributed by atoms with Gasteiger partial charge in [-0.2, -0.15) is 5.10 Å². The molecule has 3 rings (SSSR count). The van der Waals surface area contributed by atoms with E-state index in [2.05, 4.69) is 43.8 Å². The van der Waals surface area contributed by atoms with Gasteiger partial charge in [0.15, 0.2) is 5.82 Å². The van der Waals surface area contributed by atoms with Crippen molar-refractivity contribution in [1.82, 2.24) is 30.0 Å². The van der Waals surface area contributed by atoms with Crippen LogP contribution < -0.4 is 0 Å². The van der Waals surface area contributed by atoms with Gasteiger partial charge in [0.1, 0.15) is 5.82 Å². The summed E-state index contributed by atoms with van der Waals surface area (Å²) in [6, 6.07) is 0. The lowest BCUT2D eigenvalue weighted by Crippen LogP contribution is -2.45. The van der Waals surface area contributed by atoms with Crippen LogP contribution in [0.5, 0.6) is 0 Å². The largest absolute Gasteiger partial charge is 0.296 e. The maximum Gasteiger partial charge on any atom is 0.153 e. The van der Waals surface area contributed by atoms with Crippen molar-refractivity contribution in [1.29, 1.82) is 0 Å². The lowest BCUT2D eigenvalue weighted by Gasteiger charge is -2.33. The Kier molecular flexibility index (Phi) is 4.62. The van der Waals surface area contributed by atoms with Gasteiger partial charge < -0.3 is 0 Å². The van der Waals surface area contributed by atoms with Crippen LogP contribution in [0.3, 0.4) is 0 Å². The van der Waals surface area contributed by atoms with Crippen molar-refractivity contribution in [2.45, 2.75) is 32.9 Å². The van der Waals surface area contributed by atoms with Crippen molar-refractivity contribution in [3.63, 3.8) is 0 Å². The minimum Gasteiger partial charge on any atom is -0.296 e. The number of rotatable bonds is 5. The molecule has 6 nitrogen and oxygen atoms in total. The van der Waals surface area contributed by atoms with Crippen molar-refractivity contribution in [2.24, 2.45) is 0 Å². The molecule has 0 aromatic carbocycles. The first-order chi connectivity index (χ1) is 10.2. The highest BCUT2D eigenvalue weighted by molar-refractivity contribution is 7.09. The molecule has 0 amide bonds. The van der Waals surface area contributed by atoms with Crippen LogP contribution in [0, 0.1) is 0 Å². The fraction of sp³-hybridized carbons (Fsp3) is 0.643. The van der Waals surface area contributed by atoms with E-state index >= 15 is 0 Å². The lowest BCUT2D eigenvalue weighted by atomic mass is 10.2. The number of aromatic nitrogens is 4. The van der Waals surface area contributed by atoms with Crippen molar-refractivity contribution < 1.29 is 0 Å². The van der Waals surface area contributed by atoms with E-state index in [0.29, 0.717) is 5.92 Å². The molecule has 0 bridgehead atoms. The zero-order chi connectivity index (χ0) is 14.7. The average Bonchev–Trinajstić information content (AvgIpc) is 3.12. The molecule has 1 saturated heterocycles. The fourth-order valence-corrected chi connectivity index (χ4v) is 3.13. The summed E-state index contributed by atoms with van der Waals surface area (Å²) < 4.78 is 0. The summed E-state index contributed by atoms with van der Waals surface area (Å²) in [6.45, 7) is 10.5. The second kappa shape index (κ2) is 6.64. The van der Waals surface area contributed by atoms with Gasteiger partial charge in [0.25, 0.3) is 0 Å². The van der Waals surface area contributed by atoms with Crippen LogP contribution >= 0.6 is 11.3 Å². The Hall–Kier alpha value is -1.31. The van der Waals surface area contributed by atoms with Crippen LogP contribution in [0.4, 0.5) is 0 Å². The van der Waals surface area contributed by atoms with Crippen LogP contribution in [-0.2, 0) is 13.1 Å². The van der Waals surface area contributed by atoms with Crippen molar-refractivity contribution in [3.05, 3.63) is 28.2 Å². The minimum atomic E-state index is 0.381. The molecule has 1 N–H and O–H groups in total. The molecule has 3 heterocycles. The number of hydrogen-bond donors (Lipinski definition) is 1. The van der Waals surface area contributed by atoms with E-state index in [0.717, 1.165) is 50.9 Å². The zero-order valence-corrected chi connectivity index (χ0v) is 13.4. The maximum atomic E-state index is 4.56. The summed E-state index contributed by atoms with van der Waals surface area (Å²) in [5.41, 5.74) is 1.90. The summed E-state index contributed by atoms with van der Waals surface area (Å²) >= 11 is 1.74. The third-order valence-corrected chi connectivity index (χ3v) is 4.53. The molecule has 7 heteroatoms. The van der Waals surface area contributed by atoms with Gasteiger partial charge in [-0.1, -0.05) is 13.8 Å². The topological polar surface area (TPSA) is 60.9 Å². The summed E-state index contributed by atoms with van der Waals surface area (Å²) in [5, 5.41) is 7.33. The Labute approximate surface area is 129 Å². The van der Waals surface area contributed by atoms with Gasteiger partial charge >= 0.3 is 0 Å². The number of aromatic amines is 1. The Morgan fingerprint density at radius 1 is 1.19 bits per heavy atom. The van der Waals surface area contributed by atoms with Gasteiger partial charge in [0, 0.05) is 49.7 Å². The normalized spacial score (nSPS) is 17.7. The van der Waals surface area contributed by atoms with Crippen LogP contribution in [0.25, 0.3) is 0 Å². The third-order valence-electron chi connectivity index (χ3n) is 3.77. The van der Waals surface area contributed by atoms with Crippen molar-refractivity contribution in [3.8, 4) is 0 Å². The Morgan fingerprint density at radius 3 is 2.48 bits per heavy atom. The molecular formula is C14H22N6S. The van der Waals surface area contributed by atoms with E-state index < -0.39 is 0 Å². The van der Waals surface area contributed by atoms with Crippen LogP contribution in [0.1, 0.15) is 36.3 Å². The first-order valence-electron chi connectivity index (χ1n) is 7.44. The predicted molar refractivity (Wildman–Crippen MR) is 83.1 cm³/mol. The number of nitrogens with one attached hydrogen (secondary N) is 1. The van der Waals surface area contributed by atoms with Gasteiger partial charge in [0.2, 0.25) is 0 Å². The first-order valence-corrected chi connectivity index (χ1v) is 8.32. The van der Waals surface area contributed by atoms with E-state index in [1.54, 1.807) is 11.3 Å². The van der Waals surface area contributed by atoms with Gasteiger partial charge in [0.05, 0.1) is 12.1 Å². The quantitative estimate of drug-likeness (QED) is 0.911. The van der Waals surface area contributed by atoms with Gasteiger partial charge in [-0.15, -0.1) is 11.3 Å². The summed E-state index contributed by atoms with van der Waals surface area (Å²) in [6.07, 6.45) is 1.97. The molecule has 0 spiro atoms. The van der Waals surface area contributed by atoms with Crippen LogP contribution in [0.2, 0.25) is 0 Å². The summed E-state index contributed by atoms with van der Waals surface area (Å²) in [4.78, 5) is 15.0. The molecule has 0 unspecified atom stereocenters. The second-order valence-corrected chi connectivity index (χ2v) is 6.79. The predicted octanol–water partition coefficient (Wildman–Crippen LogP) is 1.70. The molecular weight excluding hydrogens is 284 g/mol. The Morgan fingerprint density at radius 2 is 1.90 bits per heavy atom. The number of hydrogen-bond acceptors (Lipinski definition) is 6. The molecule has 0 aliphatic carbocycles. The number of piperazine rings is 1. The van der Waals surface area contributed by atoms with E-state index in [9.17, 15) is 0 Å². The molecule has 0 radical (unpaired) electrons. The van der Waals surface area contributed by atoms with Gasteiger partial charge in [-0.25, -0.2) is 4.98 Å². The van der Waals surface area contributed by atoms with E-state index in [1.807, 2.05) is 11.7 Å². The van der Waals surface area contributed by atoms with Gasteiger partial charge in [-0.3, -0.25) is 19.9 Å². The molecule has 1 aliphatic heterocycles. The van der Waals surface area contributed by atoms with Crippen molar-refractivity contribution in [2.75, 3.05) is 26.2 Å². The molecule has 2 aromatic heterocycles. The lowest BCUT2D eigenvalue weighted by molar-refractivity contribution is 0.120. The SMILES string of the molecule is CC(C)c1n[nH]c(CN2CCN(Cc3cncs3)CC2)n1. The molecule has 1 aliphatic rings. The van der Waals surface area contributed by atoms with E-state index in [-0.39, 0.29) is 0 Å².